The van der Waals surface area contributed by atoms with Crippen molar-refractivity contribution in [2.24, 2.45) is 0 Å². The predicted octanol–water partition coefficient (Wildman–Crippen LogP) is 6.95. The van der Waals surface area contributed by atoms with Gasteiger partial charge in [0.25, 0.3) is 0 Å². The summed E-state index contributed by atoms with van der Waals surface area (Å²) >= 11 is 0. The summed E-state index contributed by atoms with van der Waals surface area (Å²) in [5, 5.41) is 0. The Morgan fingerprint density at radius 2 is 1.39 bits per heavy atom. The first kappa shape index (κ1) is 22.9. The van der Waals surface area contributed by atoms with Crippen molar-refractivity contribution in [1.29, 1.82) is 0 Å². The third-order valence-corrected chi connectivity index (χ3v) is 6.94. The van der Waals surface area contributed by atoms with Crippen molar-refractivity contribution >= 4 is 17.1 Å². The minimum Gasteiger partial charge on any atom is -0.347 e. The number of rotatable bonds is 4. The number of hydrogen-bond donors (Lipinski definition) is 0. The molecule has 0 radical (unpaired) electrons. The van der Waals surface area contributed by atoms with Gasteiger partial charge in [-0.05, 0) is 55.8 Å². The van der Waals surface area contributed by atoms with E-state index < -0.39 is 0 Å². The number of nitrogens with zero attached hydrogens (tertiary/aromatic N) is 2. The van der Waals surface area contributed by atoms with E-state index in [2.05, 4.69) is 49.3 Å². The summed E-state index contributed by atoms with van der Waals surface area (Å²) in [4.78, 5) is 2.12. The molecule has 0 atom stereocenters. The van der Waals surface area contributed by atoms with Gasteiger partial charge in [0, 0.05) is 41.6 Å². The monoisotopic (exact) mass is 445 g/mol. The Kier molecular flexibility index (Phi) is 5.73. The van der Waals surface area contributed by atoms with Crippen molar-refractivity contribution < 1.29 is 13.4 Å². The van der Waals surface area contributed by atoms with Crippen LogP contribution in [0.4, 0.5) is 20.2 Å². The van der Waals surface area contributed by atoms with Crippen LogP contribution in [0.5, 0.6) is 0 Å². The van der Waals surface area contributed by atoms with Gasteiger partial charge < -0.3 is 4.90 Å². The number of allylic oxidation sites excluding steroid dienone is 8. The first-order valence-corrected chi connectivity index (χ1v) is 11.2. The lowest BCUT2D eigenvalue weighted by Gasteiger charge is -2.23. The molecule has 2 aliphatic heterocycles. The number of likely N-dealkylation sites (N-methyl/N-ethyl adjacent to an activating group) is 1. The fraction of sp³-hybridized carbons (Fsp3) is 0.276. The van der Waals surface area contributed by atoms with Gasteiger partial charge in [-0.15, -0.1) is 0 Å². The molecule has 0 amide bonds. The van der Waals surface area contributed by atoms with Gasteiger partial charge in [0.05, 0.1) is 5.41 Å². The topological polar surface area (TPSA) is 6.25 Å². The molecular weight excluding hydrogens is 414 g/mol. The summed E-state index contributed by atoms with van der Waals surface area (Å²) in [7, 11) is 4.04. The summed E-state index contributed by atoms with van der Waals surface area (Å²) in [5.41, 5.74) is 5.82. The molecule has 0 spiro atoms. The third-order valence-electron chi connectivity index (χ3n) is 6.94. The average molecular weight is 446 g/mol. The van der Waals surface area contributed by atoms with Crippen LogP contribution in [0.1, 0.15) is 38.8 Å². The standard InChI is InChI=1S/C29H31F2N2/c1-28(2)22-18-20(30)14-16-24(22)32(5)26(28)12-10-8-7-9-11-13-27-29(3,4)23-19-21(31)15-17-25(23)33(27)6/h7-19H,1-6H3/q+1. The number of fused-ring (bicyclic) bond motifs is 2. The Balaban J connectivity index is 1.47. The lowest BCUT2D eigenvalue weighted by Crippen LogP contribution is -2.26. The fourth-order valence-electron chi connectivity index (χ4n) is 5.10. The Hall–Kier alpha value is -3.27. The van der Waals surface area contributed by atoms with Crippen LogP contribution >= 0.6 is 0 Å². The van der Waals surface area contributed by atoms with Crippen LogP contribution in [-0.2, 0) is 10.8 Å². The first-order valence-electron chi connectivity index (χ1n) is 11.2. The van der Waals surface area contributed by atoms with E-state index >= 15 is 0 Å². The van der Waals surface area contributed by atoms with Crippen LogP contribution in [0, 0.1) is 11.6 Å². The third kappa shape index (κ3) is 3.88. The smallest absolute Gasteiger partial charge is 0.209 e. The second-order valence-corrected chi connectivity index (χ2v) is 9.76. The van der Waals surface area contributed by atoms with E-state index in [1.165, 1.54) is 12.1 Å². The Morgan fingerprint density at radius 1 is 0.788 bits per heavy atom. The van der Waals surface area contributed by atoms with Crippen molar-refractivity contribution in [1.82, 2.24) is 0 Å². The second-order valence-electron chi connectivity index (χ2n) is 9.76. The van der Waals surface area contributed by atoms with E-state index in [4.69, 9.17) is 0 Å². The lowest BCUT2D eigenvalue weighted by molar-refractivity contribution is -0.401. The molecule has 0 saturated heterocycles. The van der Waals surface area contributed by atoms with Crippen molar-refractivity contribution in [2.75, 3.05) is 19.0 Å². The molecule has 2 nitrogen and oxygen atoms in total. The van der Waals surface area contributed by atoms with Gasteiger partial charge in [-0.3, -0.25) is 0 Å². The van der Waals surface area contributed by atoms with Crippen LogP contribution < -0.4 is 4.90 Å². The Bertz CT molecular complexity index is 1260. The Morgan fingerprint density at radius 3 is 2.12 bits per heavy atom. The Labute approximate surface area is 195 Å². The van der Waals surface area contributed by atoms with Gasteiger partial charge in [0.1, 0.15) is 18.7 Å². The van der Waals surface area contributed by atoms with E-state index in [1.807, 2.05) is 56.6 Å². The van der Waals surface area contributed by atoms with E-state index in [0.717, 1.165) is 33.9 Å². The maximum absolute atomic E-state index is 13.8. The van der Waals surface area contributed by atoms with Crippen LogP contribution in [0.2, 0.25) is 0 Å². The normalized spacial score (nSPS) is 20.1. The maximum Gasteiger partial charge on any atom is 0.209 e. The lowest BCUT2D eigenvalue weighted by atomic mass is 9.81. The molecule has 0 saturated carbocycles. The van der Waals surface area contributed by atoms with Crippen LogP contribution in [0.15, 0.2) is 84.6 Å². The quantitative estimate of drug-likeness (QED) is 0.365. The molecule has 0 aliphatic carbocycles. The molecular formula is C29H31F2N2+. The second kappa shape index (κ2) is 8.26. The summed E-state index contributed by atoms with van der Waals surface area (Å²) in [6.07, 6.45) is 14.2. The average Bonchev–Trinajstić information content (AvgIpc) is 3.06. The highest BCUT2D eigenvalue weighted by Gasteiger charge is 2.43. The molecule has 0 N–H and O–H groups in total. The van der Waals surface area contributed by atoms with Crippen molar-refractivity contribution in [2.45, 2.75) is 38.5 Å². The van der Waals surface area contributed by atoms with Gasteiger partial charge in [-0.25, -0.2) is 8.78 Å². The number of anilines is 1. The van der Waals surface area contributed by atoms with Crippen LogP contribution in [0.25, 0.3) is 0 Å². The van der Waals surface area contributed by atoms with E-state index in [9.17, 15) is 8.78 Å². The van der Waals surface area contributed by atoms with Crippen molar-refractivity contribution in [3.05, 3.63) is 107 Å². The molecule has 0 bridgehead atoms. The van der Waals surface area contributed by atoms with Gasteiger partial charge in [0.2, 0.25) is 5.69 Å². The zero-order valence-electron chi connectivity index (χ0n) is 20.2. The predicted molar refractivity (Wildman–Crippen MR) is 134 cm³/mol. The fourth-order valence-corrected chi connectivity index (χ4v) is 5.10. The molecule has 170 valence electrons. The molecule has 4 rings (SSSR count). The minimum absolute atomic E-state index is 0.205. The van der Waals surface area contributed by atoms with Crippen LogP contribution in [-0.4, -0.2) is 24.4 Å². The molecule has 2 aromatic carbocycles. The van der Waals surface area contributed by atoms with Gasteiger partial charge >= 0.3 is 0 Å². The molecule has 0 unspecified atom stereocenters. The molecule has 33 heavy (non-hydrogen) atoms. The van der Waals surface area contributed by atoms with Crippen molar-refractivity contribution in [3.63, 3.8) is 0 Å². The summed E-state index contributed by atoms with van der Waals surface area (Å²) < 4.78 is 29.7. The minimum atomic E-state index is -0.260. The van der Waals surface area contributed by atoms with E-state index in [1.54, 1.807) is 12.1 Å². The van der Waals surface area contributed by atoms with Gasteiger partial charge in [0.15, 0.2) is 5.71 Å². The number of benzene rings is 2. The van der Waals surface area contributed by atoms with E-state index in [-0.39, 0.29) is 22.5 Å². The molecule has 4 heteroatoms. The largest absolute Gasteiger partial charge is 0.347 e. The van der Waals surface area contributed by atoms with Crippen LogP contribution in [0.3, 0.4) is 0 Å². The first-order chi connectivity index (χ1) is 15.5. The molecule has 0 aromatic heterocycles. The summed E-state index contributed by atoms with van der Waals surface area (Å²) in [6.45, 7) is 8.48. The highest BCUT2D eigenvalue weighted by molar-refractivity contribution is 6.03. The van der Waals surface area contributed by atoms with Gasteiger partial charge in [-0.1, -0.05) is 44.2 Å². The summed E-state index contributed by atoms with van der Waals surface area (Å²) in [5.74, 6) is -0.409. The molecule has 2 aromatic rings. The van der Waals surface area contributed by atoms with Gasteiger partial charge in [-0.2, -0.15) is 4.58 Å². The molecule has 2 aliphatic rings. The molecule has 0 fully saturated rings. The zero-order chi connectivity index (χ0) is 24.0. The SMILES string of the molecule is CN1/C(=C/C=C/C=C/C=C/C2=[N+](C)c3ccc(F)cc3C2(C)C)C(C)(C)c2cc(F)ccc21. The highest BCUT2D eigenvalue weighted by atomic mass is 19.1. The highest BCUT2D eigenvalue weighted by Crippen LogP contribution is 2.47. The summed E-state index contributed by atoms with van der Waals surface area (Å²) in [6, 6.07) is 9.96. The van der Waals surface area contributed by atoms with E-state index in [0.29, 0.717) is 0 Å². The number of hydrogen-bond acceptors (Lipinski definition) is 1. The molecule has 2 heterocycles. The van der Waals surface area contributed by atoms with Crippen molar-refractivity contribution in [3.8, 4) is 0 Å². The maximum atomic E-state index is 13.8. The number of halogens is 2. The zero-order valence-corrected chi connectivity index (χ0v) is 20.2.